The Morgan fingerprint density at radius 2 is 1.10 bits per heavy atom. The zero-order valence-electron chi connectivity index (χ0n) is 33.1. The molecule has 9 heteroatoms. The minimum atomic E-state index is -1.22. The zero-order valence-corrected chi connectivity index (χ0v) is 33.1. The first-order valence-electron chi connectivity index (χ1n) is 19.6. The van der Waals surface area contributed by atoms with Crippen LogP contribution in [0.3, 0.4) is 0 Å². The summed E-state index contributed by atoms with van der Waals surface area (Å²) >= 11 is 0. The maximum atomic E-state index is 13.7. The van der Waals surface area contributed by atoms with E-state index in [9.17, 15) is 14.4 Å². The number of carbonyl (C=O) groups excluding carboxylic acids is 3. The summed E-state index contributed by atoms with van der Waals surface area (Å²) in [6.45, 7) is 0.732. The largest absolute Gasteiger partial charge is 0.465 e. The van der Waals surface area contributed by atoms with E-state index in [0.717, 1.165) is 73.0 Å². The minimum absolute atomic E-state index is 0.268. The Morgan fingerprint density at radius 1 is 0.583 bits per heavy atom. The number of hydrogen-bond acceptors (Lipinski definition) is 8. The normalized spacial score (nSPS) is 13.7. The molecule has 60 heavy (non-hydrogen) atoms. The van der Waals surface area contributed by atoms with Crippen molar-refractivity contribution in [2.45, 2.75) is 5.79 Å². The number of methoxy groups -OCH3 is 2. The third kappa shape index (κ3) is 5.73. The van der Waals surface area contributed by atoms with Gasteiger partial charge in [-0.25, -0.2) is 9.59 Å². The van der Waals surface area contributed by atoms with Crippen LogP contribution in [-0.2, 0) is 31.8 Å². The molecule has 1 fully saturated rings. The number of hydrogen-bond donors (Lipinski definition) is 0. The molecule has 2 aliphatic rings. The van der Waals surface area contributed by atoms with E-state index in [0.29, 0.717) is 35.5 Å². The number of benzene rings is 7. The first kappa shape index (κ1) is 37.0. The van der Waals surface area contributed by atoms with Crippen LogP contribution < -0.4 is 4.90 Å². The van der Waals surface area contributed by atoms with Crippen molar-refractivity contribution in [3.8, 4) is 33.4 Å². The molecule has 0 atom stereocenters. The highest BCUT2D eigenvalue weighted by Crippen LogP contribution is 2.53. The highest BCUT2D eigenvalue weighted by atomic mass is 16.7. The van der Waals surface area contributed by atoms with E-state index in [1.165, 1.54) is 14.2 Å². The van der Waals surface area contributed by atoms with Gasteiger partial charge in [-0.2, -0.15) is 0 Å². The lowest BCUT2D eigenvalue weighted by Crippen LogP contribution is -2.26. The molecule has 1 saturated heterocycles. The number of esters is 2. The van der Waals surface area contributed by atoms with Crippen LogP contribution >= 0.6 is 0 Å². The molecular weight excluding hydrogens is 753 g/mol. The van der Waals surface area contributed by atoms with Crippen molar-refractivity contribution in [1.82, 2.24) is 4.57 Å². The van der Waals surface area contributed by atoms with Crippen molar-refractivity contribution in [1.29, 1.82) is 0 Å². The van der Waals surface area contributed by atoms with Gasteiger partial charge in [-0.3, -0.25) is 4.79 Å². The highest BCUT2D eigenvalue weighted by Gasteiger charge is 2.49. The lowest BCUT2D eigenvalue weighted by molar-refractivity contribution is -0.126. The van der Waals surface area contributed by atoms with Crippen molar-refractivity contribution in [2.75, 3.05) is 32.3 Å². The Balaban J connectivity index is 1.11. The van der Waals surface area contributed by atoms with Crippen molar-refractivity contribution >= 4 is 57.1 Å². The molecule has 0 radical (unpaired) electrons. The van der Waals surface area contributed by atoms with Crippen molar-refractivity contribution in [2.24, 2.45) is 7.05 Å². The number of fused-ring (bicyclic) bond motifs is 8. The lowest BCUT2D eigenvalue weighted by Gasteiger charge is -2.25. The second-order valence-electron chi connectivity index (χ2n) is 14.9. The molecular formula is C51H38N2O7. The first-order valence-corrected chi connectivity index (χ1v) is 19.6. The quantitative estimate of drug-likeness (QED) is 0.111. The average molecular weight is 791 g/mol. The summed E-state index contributed by atoms with van der Waals surface area (Å²) in [6, 6.07) is 47.8. The Bertz CT molecular complexity index is 3000. The smallest absolute Gasteiger partial charge is 0.338 e. The molecule has 294 valence electrons. The summed E-state index contributed by atoms with van der Waals surface area (Å²) in [5.41, 5.74) is 11.8. The molecule has 1 aliphatic heterocycles. The highest BCUT2D eigenvalue weighted by molar-refractivity contribution is 6.11. The topological polar surface area (TPSA) is 96.3 Å². The molecule has 9 nitrogen and oxygen atoms in total. The fraction of sp³-hybridized carbons (Fsp3) is 0.118. The van der Waals surface area contributed by atoms with Crippen molar-refractivity contribution < 1.29 is 33.3 Å². The van der Waals surface area contributed by atoms with Crippen LogP contribution in [0.2, 0.25) is 0 Å². The Kier molecular flexibility index (Phi) is 8.93. The molecule has 0 amide bonds. The van der Waals surface area contributed by atoms with Crippen LogP contribution in [0.1, 0.15) is 42.2 Å². The number of ether oxygens (including phenoxy) is 4. The summed E-state index contributed by atoms with van der Waals surface area (Å²) in [6.07, 6.45) is 0.802. The van der Waals surface area contributed by atoms with E-state index in [4.69, 9.17) is 18.9 Å². The minimum Gasteiger partial charge on any atom is -0.465 e. The molecule has 1 aromatic heterocycles. The second-order valence-corrected chi connectivity index (χ2v) is 14.9. The molecule has 7 aromatic carbocycles. The van der Waals surface area contributed by atoms with Crippen LogP contribution in [0, 0.1) is 0 Å². The van der Waals surface area contributed by atoms with Gasteiger partial charge in [0.05, 0.1) is 44.1 Å². The van der Waals surface area contributed by atoms with E-state index in [-0.39, 0.29) is 11.1 Å². The maximum Gasteiger partial charge on any atom is 0.338 e. The third-order valence-electron chi connectivity index (χ3n) is 11.8. The average Bonchev–Trinajstić information content (AvgIpc) is 3.99. The molecule has 0 unspecified atom stereocenters. The number of rotatable bonds is 8. The van der Waals surface area contributed by atoms with Crippen LogP contribution in [0.15, 0.2) is 146 Å². The Morgan fingerprint density at radius 3 is 1.68 bits per heavy atom. The molecule has 8 aromatic rings. The van der Waals surface area contributed by atoms with Gasteiger partial charge in [0.2, 0.25) is 5.79 Å². The van der Waals surface area contributed by atoms with Crippen LogP contribution in [0.25, 0.3) is 55.2 Å². The van der Waals surface area contributed by atoms with Gasteiger partial charge in [-0.1, -0.05) is 78.9 Å². The second kappa shape index (κ2) is 14.5. The first-order chi connectivity index (χ1) is 29.3. The van der Waals surface area contributed by atoms with Crippen LogP contribution in [0.4, 0.5) is 17.1 Å². The Hall–Kier alpha value is -7.33. The number of aldehydes is 1. The summed E-state index contributed by atoms with van der Waals surface area (Å²) < 4.78 is 25.5. The molecule has 10 rings (SSSR count). The number of nitrogens with zero attached hydrogens (tertiary/aromatic N) is 2. The Labute approximate surface area is 345 Å². The molecule has 0 saturated carbocycles. The SMILES string of the molecule is COC(=O)c1cc(-c2ccc3c4ccc(N(c5ccccc5)c5ccccc5)cc4n(C)c3c2)c(C(=O)OC)cc1-c1ccc2c(c1)C1(OCCO1)c1cc(C=O)ccc1-2. The van der Waals surface area contributed by atoms with Gasteiger partial charge in [0, 0.05) is 57.1 Å². The number of para-hydroxylation sites is 2. The molecule has 1 spiro atoms. The lowest BCUT2D eigenvalue weighted by atomic mass is 9.89. The monoisotopic (exact) mass is 790 g/mol. The van der Waals surface area contributed by atoms with E-state index in [1.54, 1.807) is 24.3 Å². The predicted octanol–water partition coefficient (Wildman–Crippen LogP) is 10.7. The van der Waals surface area contributed by atoms with Gasteiger partial charge in [0.1, 0.15) is 6.29 Å². The van der Waals surface area contributed by atoms with E-state index < -0.39 is 17.7 Å². The number of aromatic nitrogens is 1. The van der Waals surface area contributed by atoms with E-state index >= 15 is 0 Å². The van der Waals surface area contributed by atoms with Crippen LogP contribution in [0.5, 0.6) is 0 Å². The maximum absolute atomic E-state index is 13.7. The molecule has 2 heterocycles. The van der Waals surface area contributed by atoms with Gasteiger partial charge in [0.25, 0.3) is 0 Å². The number of aryl methyl sites for hydroxylation is 1. The predicted molar refractivity (Wildman–Crippen MR) is 232 cm³/mol. The van der Waals surface area contributed by atoms with E-state index in [2.05, 4.69) is 58.0 Å². The molecule has 0 bridgehead atoms. The van der Waals surface area contributed by atoms with E-state index in [1.807, 2.05) is 79.8 Å². The van der Waals surface area contributed by atoms with Gasteiger partial charge < -0.3 is 28.4 Å². The molecule has 1 aliphatic carbocycles. The van der Waals surface area contributed by atoms with Gasteiger partial charge in [-0.05, 0) is 100 Å². The summed E-state index contributed by atoms with van der Waals surface area (Å²) in [4.78, 5) is 41.5. The summed E-state index contributed by atoms with van der Waals surface area (Å²) in [5.74, 6) is -2.34. The van der Waals surface area contributed by atoms with Crippen molar-refractivity contribution in [3.63, 3.8) is 0 Å². The molecule has 0 N–H and O–H groups in total. The van der Waals surface area contributed by atoms with Gasteiger partial charge in [0.15, 0.2) is 0 Å². The summed E-state index contributed by atoms with van der Waals surface area (Å²) in [5, 5.41) is 2.12. The summed E-state index contributed by atoms with van der Waals surface area (Å²) in [7, 11) is 4.72. The van der Waals surface area contributed by atoms with Crippen LogP contribution in [-0.4, -0.2) is 50.2 Å². The number of carbonyl (C=O) groups is 3. The van der Waals surface area contributed by atoms with Crippen molar-refractivity contribution in [3.05, 3.63) is 173 Å². The third-order valence-corrected chi connectivity index (χ3v) is 11.8. The van der Waals surface area contributed by atoms with Gasteiger partial charge >= 0.3 is 11.9 Å². The zero-order chi connectivity index (χ0) is 41.1. The number of anilines is 3. The van der Waals surface area contributed by atoms with Gasteiger partial charge in [-0.15, -0.1) is 0 Å². The standard InChI is InChI=1S/C51H38N2O7/c1-52-47-26-33(16-20-39(47)40-21-17-36(27-48(40)52)53(34-10-6-4-7-11-34)35-12-8-5-9-13-35)42-29-43(49(55)57-2)41(28-44(42)50(56)58-3)32-15-19-38-37-18-14-31(30-54)24-45(37)51(46(38)25-32)59-22-23-60-51/h4-21,24-30H,22-23H2,1-3H3. The fourth-order valence-corrected chi connectivity index (χ4v) is 8.96. The fourth-order valence-electron chi connectivity index (χ4n) is 8.96.